The number of nitrogens with one attached hydrogen (secondary N) is 3. The molecule has 43 heavy (non-hydrogen) atoms. The fourth-order valence-electron chi connectivity index (χ4n) is 5.90. The maximum Gasteiger partial charge on any atom is 0.412 e. The van der Waals surface area contributed by atoms with Gasteiger partial charge in [0.1, 0.15) is 11.6 Å². The Balaban J connectivity index is 1.04. The largest absolute Gasteiger partial charge is 0.444 e. The average molecular weight is 593 g/mol. The molecule has 3 aliphatic heterocycles. The third-order valence-electron chi connectivity index (χ3n) is 8.27. The number of ether oxygens (including phenoxy) is 1. The molecule has 3 amide bonds. The molecule has 0 bridgehead atoms. The molecular formula is C32H44N6O5. The van der Waals surface area contributed by atoms with Crippen molar-refractivity contribution in [2.24, 2.45) is 0 Å². The van der Waals surface area contributed by atoms with Gasteiger partial charge in [-0.2, -0.15) is 0 Å². The molecule has 0 saturated carbocycles. The van der Waals surface area contributed by atoms with Gasteiger partial charge in [0, 0.05) is 75.0 Å². The molecule has 232 valence electrons. The predicted molar refractivity (Wildman–Crippen MR) is 168 cm³/mol. The summed E-state index contributed by atoms with van der Waals surface area (Å²) in [7, 11) is 0. The van der Waals surface area contributed by atoms with E-state index < -0.39 is 23.3 Å². The number of anilines is 4. The summed E-state index contributed by atoms with van der Waals surface area (Å²) in [6.45, 7) is 11.2. The third kappa shape index (κ3) is 8.39. The molecular weight excluding hydrogens is 548 g/mol. The number of β-amino-alcohol motifs (C(OH)–C–C–N with tert-alkyl or cyclic N) is 1. The maximum absolute atomic E-state index is 12.0. The fraction of sp³-hybridized carbons (Fsp3) is 0.531. The lowest BCUT2D eigenvalue weighted by atomic mass is 9.90. The monoisotopic (exact) mass is 592 g/mol. The molecule has 11 heteroatoms. The molecule has 0 spiro atoms. The minimum absolute atomic E-state index is 0.219. The third-order valence-corrected chi connectivity index (χ3v) is 8.27. The van der Waals surface area contributed by atoms with Crippen molar-refractivity contribution < 1.29 is 24.2 Å². The maximum atomic E-state index is 12.0. The highest BCUT2D eigenvalue weighted by molar-refractivity contribution is 6.01. The summed E-state index contributed by atoms with van der Waals surface area (Å²) in [5.74, 6) is -0.496. The van der Waals surface area contributed by atoms with Crippen molar-refractivity contribution in [1.82, 2.24) is 10.2 Å². The van der Waals surface area contributed by atoms with E-state index in [0.29, 0.717) is 37.9 Å². The van der Waals surface area contributed by atoms with Gasteiger partial charge in [-0.05, 0) is 88.6 Å². The molecule has 3 fully saturated rings. The molecule has 0 aliphatic carbocycles. The van der Waals surface area contributed by atoms with Gasteiger partial charge in [-0.15, -0.1) is 0 Å². The van der Waals surface area contributed by atoms with Gasteiger partial charge in [0.2, 0.25) is 11.8 Å². The molecule has 0 aromatic heterocycles. The van der Waals surface area contributed by atoms with Crippen LogP contribution in [0, 0.1) is 0 Å². The lowest BCUT2D eigenvalue weighted by Crippen LogP contribution is -2.55. The smallest absolute Gasteiger partial charge is 0.412 e. The Morgan fingerprint density at radius 2 is 1.47 bits per heavy atom. The summed E-state index contributed by atoms with van der Waals surface area (Å²) in [6, 6.07) is 15.4. The summed E-state index contributed by atoms with van der Waals surface area (Å²) in [5, 5.41) is 19.8. The molecule has 11 nitrogen and oxygen atoms in total. The van der Waals surface area contributed by atoms with Crippen molar-refractivity contribution in [1.29, 1.82) is 0 Å². The van der Waals surface area contributed by atoms with Crippen LogP contribution in [0.25, 0.3) is 0 Å². The number of piperazine rings is 1. The lowest BCUT2D eigenvalue weighted by molar-refractivity contribution is -0.133. The van der Waals surface area contributed by atoms with Crippen LogP contribution < -0.4 is 25.8 Å². The summed E-state index contributed by atoms with van der Waals surface area (Å²) in [5.41, 5.74) is 2.50. The van der Waals surface area contributed by atoms with Gasteiger partial charge in [0.05, 0.1) is 5.60 Å². The Morgan fingerprint density at radius 1 is 0.907 bits per heavy atom. The summed E-state index contributed by atoms with van der Waals surface area (Å²) < 4.78 is 5.32. The SMILES string of the molecule is CC(C)(C)OC(=O)Nc1ccc(N2CCN(CC3(O)CCN(c4ccc(NC5CCC(=O)NC5=O)cc4)CC3)CC2)cc1. The number of amides is 3. The minimum atomic E-state index is -0.707. The van der Waals surface area contributed by atoms with Gasteiger partial charge in [-0.1, -0.05) is 0 Å². The Labute approximate surface area is 253 Å². The van der Waals surface area contributed by atoms with E-state index >= 15 is 0 Å². The van der Waals surface area contributed by atoms with Gasteiger partial charge < -0.3 is 25.0 Å². The number of nitrogens with zero attached hydrogens (tertiary/aromatic N) is 3. The summed E-state index contributed by atoms with van der Waals surface area (Å²) in [6.07, 6.45) is 1.78. The van der Waals surface area contributed by atoms with E-state index in [1.165, 1.54) is 0 Å². The van der Waals surface area contributed by atoms with E-state index in [1.807, 2.05) is 69.3 Å². The van der Waals surface area contributed by atoms with E-state index in [0.717, 1.165) is 56.3 Å². The molecule has 2 aromatic rings. The van der Waals surface area contributed by atoms with Crippen LogP contribution in [0.2, 0.25) is 0 Å². The average Bonchev–Trinajstić information content (AvgIpc) is 2.95. The first-order chi connectivity index (χ1) is 20.4. The number of aliphatic hydroxyl groups is 1. The van der Waals surface area contributed by atoms with Gasteiger partial charge in [0.15, 0.2) is 0 Å². The van der Waals surface area contributed by atoms with E-state index in [1.54, 1.807) is 0 Å². The standard InChI is InChI=1S/C32H44N6O5/c1-31(2,3)43-30(41)34-24-6-10-26(11-7-24)38-20-18-36(19-21-38)22-32(42)14-16-37(17-15-32)25-8-4-23(5-9-25)33-27-12-13-28(39)35-29(27)40/h4-11,27,33,42H,12-22H2,1-3H3,(H,34,41)(H,35,39,40). The van der Waals surface area contributed by atoms with Gasteiger partial charge in [-0.25, -0.2) is 4.79 Å². The van der Waals surface area contributed by atoms with Gasteiger partial charge in [-0.3, -0.25) is 25.1 Å². The van der Waals surface area contributed by atoms with Crippen LogP contribution in [0.3, 0.4) is 0 Å². The first kappa shape index (κ1) is 30.6. The van der Waals surface area contributed by atoms with Crippen molar-refractivity contribution in [2.45, 2.75) is 63.7 Å². The topological polar surface area (TPSA) is 126 Å². The molecule has 4 N–H and O–H groups in total. The van der Waals surface area contributed by atoms with E-state index in [9.17, 15) is 19.5 Å². The Bertz CT molecular complexity index is 1280. The van der Waals surface area contributed by atoms with Crippen LogP contribution >= 0.6 is 0 Å². The first-order valence-corrected chi connectivity index (χ1v) is 15.2. The number of benzene rings is 2. The van der Waals surface area contributed by atoms with E-state index in [-0.39, 0.29) is 11.8 Å². The zero-order valence-electron chi connectivity index (χ0n) is 25.4. The van der Waals surface area contributed by atoms with Crippen LogP contribution in [0.4, 0.5) is 27.5 Å². The van der Waals surface area contributed by atoms with Crippen molar-refractivity contribution in [2.75, 3.05) is 66.2 Å². The molecule has 1 atom stereocenters. The molecule has 2 aromatic carbocycles. The molecule has 5 rings (SSSR count). The van der Waals surface area contributed by atoms with Crippen molar-refractivity contribution >= 4 is 40.7 Å². The molecule has 0 radical (unpaired) electrons. The molecule has 1 unspecified atom stereocenters. The van der Waals surface area contributed by atoms with Crippen molar-refractivity contribution in [3.05, 3.63) is 48.5 Å². The zero-order valence-corrected chi connectivity index (χ0v) is 25.4. The van der Waals surface area contributed by atoms with Crippen LogP contribution in [-0.2, 0) is 14.3 Å². The van der Waals surface area contributed by atoms with Crippen molar-refractivity contribution in [3.8, 4) is 0 Å². The normalized spacial score (nSPS) is 21.3. The fourth-order valence-corrected chi connectivity index (χ4v) is 5.90. The number of hydrogen-bond acceptors (Lipinski definition) is 9. The lowest BCUT2D eigenvalue weighted by Gasteiger charge is -2.44. The Hall–Kier alpha value is -3.83. The number of carbonyl (C=O) groups is 3. The number of rotatable bonds is 7. The van der Waals surface area contributed by atoms with E-state index in [4.69, 9.17) is 4.74 Å². The van der Waals surface area contributed by atoms with Gasteiger partial charge >= 0.3 is 6.09 Å². The van der Waals surface area contributed by atoms with Crippen LogP contribution in [0.15, 0.2) is 48.5 Å². The Kier molecular flexibility index (Phi) is 9.12. The van der Waals surface area contributed by atoms with Crippen LogP contribution in [-0.4, -0.2) is 91.0 Å². The first-order valence-electron chi connectivity index (χ1n) is 15.2. The minimum Gasteiger partial charge on any atom is -0.444 e. The summed E-state index contributed by atoms with van der Waals surface area (Å²) >= 11 is 0. The van der Waals surface area contributed by atoms with Crippen LogP contribution in [0.5, 0.6) is 0 Å². The zero-order chi connectivity index (χ0) is 30.6. The highest BCUT2D eigenvalue weighted by Gasteiger charge is 2.35. The van der Waals surface area contributed by atoms with Gasteiger partial charge in [0.25, 0.3) is 0 Å². The quantitative estimate of drug-likeness (QED) is 0.358. The Morgan fingerprint density at radius 3 is 2.02 bits per heavy atom. The highest BCUT2D eigenvalue weighted by atomic mass is 16.6. The summed E-state index contributed by atoms with van der Waals surface area (Å²) in [4.78, 5) is 42.4. The van der Waals surface area contributed by atoms with Crippen LogP contribution in [0.1, 0.15) is 46.5 Å². The molecule has 3 aliphatic rings. The predicted octanol–water partition coefficient (Wildman–Crippen LogP) is 3.40. The highest BCUT2D eigenvalue weighted by Crippen LogP contribution is 2.29. The van der Waals surface area contributed by atoms with E-state index in [2.05, 4.69) is 30.7 Å². The number of hydrogen-bond donors (Lipinski definition) is 4. The molecule has 3 saturated heterocycles. The number of piperidine rings is 2. The second-order valence-electron chi connectivity index (χ2n) is 12.8. The second kappa shape index (κ2) is 12.8. The number of imide groups is 1. The van der Waals surface area contributed by atoms with Crippen molar-refractivity contribution in [3.63, 3.8) is 0 Å². The molecule has 3 heterocycles. The second-order valence-corrected chi connectivity index (χ2v) is 12.8. The number of carbonyl (C=O) groups excluding carboxylic acids is 3.